The van der Waals surface area contributed by atoms with Crippen LogP contribution in [-0.2, 0) is 9.47 Å². The molecular formula is C17H21N5O3. The quantitative estimate of drug-likeness (QED) is 0.776. The molecule has 4 heterocycles. The minimum atomic E-state index is 0.0323. The van der Waals surface area contributed by atoms with Gasteiger partial charge in [-0.2, -0.15) is 9.61 Å². The monoisotopic (exact) mass is 343 g/mol. The van der Waals surface area contributed by atoms with Crippen LogP contribution in [0.15, 0.2) is 16.7 Å². The lowest BCUT2D eigenvalue weighted by Gasteiger charge is -2.24. The normalized spacial score (nSPS) is 18.0. The van der Waals surface area contributed by atoms with Crippen LogP contribution in [0.4, 0.5) is 5.82 Å². The first-order valence-corrected chi connectivity index (χ1v) is 8.35. The van der Waals surface area contributed by atoms with E-state index in [1.54, 1.807) is 0 Å². The smallest absolute Gasteiger partial charge is 0.158 e. The molecule has 1 atom stereocenters. The van der Waals surface area contributed by atoms with E-state index in [9.17, 15) is 0 Å². The molecule has 4 rings (SSSR count). The Balaban J connectivity index is 1.68. The van der Waals surface area contributed by atoms with Crippen LogP contribution in [0.1, 0.15) is 17.0 Å². The van der Waals surface area contributed by atoms with Crippen molar-refractivity contribution in [1.82, 2.24) is 19.8 Å². The number of aryl methyl sites for hydroxylation is 2. The van der Waals surface area contributed by atoms with Gasteiger partial charge in [-0.15, -0.1) is 0 Å². The summed E-state index contributed by atoms with van der Waals surface area (Å²) >= 11 is 0. The largest absolute Gasteiger partial charge is 0.376 e. The fourth-order valence-corrected chi connectivity index (χ4v) is 2.89. The predicted octanol–water partition coefficient (Wildman–Crippen LogP) is 2.14. The number of nitrogens with one attached hydrogen (secondary N) is 1. The van der Waals surface area contributed by atoms with Gasteiger partial charge in [0.15, 0.2) is 5.65 Å². The molecule has 25 heavy (non-hydrogen) atoms. The second-order valence-corrected chi connectivity index (χ2v) is 6.24. The highest BCUT2D eigenvalue weighted by molar-refractivity contribution is 5.64. The first-order valence-electron chi connectivity index (χ1n) is 8.35. The van der Waals surface area contributed by atoms with Crippen LogP contribution in [-0.4, -0.2) is 52.2 Å². The van der Waals surface area contributed by atoms with Crippen LogP contribution >= 0.6 is 0 Å². The van der Waals surface area contributed by atoms with Crippen LogP contribution in [0.3, 0.4) is 0 Å². The van der Waals surface area contributed by atoms with E-state index in [-0.39, 0.29) is 6.10 Å². The minimum Gasteiger partial charge on any atom is -0.376 e. The summed E-state index contributed by atoms with van der Waals surface area (Å²) < 4.78 is 18.1. The van der Waals surface area contributed by atoms with E-state index < -0.39 is 0 Å². The first-order chi connectivity index (χ1) is 12.1. The Morgan fingerprint density at radius 1 is 1.20 bits per heavy atom. The van der Waals surface area contributed by atoms with Crippen molar-refractivity contribution < 1.29 is 14.0 Å². The first kappa shape index (κ1) is 16.0. The van der Waals surface area contributed by atoms with E-state index >= 15 is 0 Å². The third-order valence-electron chi connectivity index (χ3n) is 4.36. The molecule has 0 spiro atoms. The lowest BCUT2D eigenvalue weighted by Crippen LogP contribution is -2.34. The number of fused-ring (bicyclic) bond motifs is 1. The topological polar surface area (TPSA) is 86.7 Å². The molecule has 0 radical (unpaired) electrons. The van der Waals surface area contributed by atoms with Gasteiger partial charge in [0, 0.05) is 29.9 Å². The van der Waals surface area contributed by atoms with Gasteiger partial charge in [0.25, 0.3) is 0 Å². The third kappa shape index (κ3) is 3.10. The Kier molecular flexibility index (Phi) is 4.14. The van der Waals surface area contributed by atoms with E-state index in [2.05, 4.69) is 20.6 Å². The van der Waals surface area contributed by atoms with E-state index in [0.717, 1.165) is 34.2 Å². The molecule has 8 heteroatoms. The number of hydrogen-bond donors (Lipinski definition) is 1. The predicted molar refractivity (Wildman–Crippen MR) is 91.7 cm³/mol. The summed E-state index contributed by atoms with van der Waals surface area (Å²) in [4.78, 5) is 4.63. The van der Waals surface area contributed by atoms with Gasteiger partial charge in [0.05, 0.1) is 25.9 Å². The van der Waals surface area contributed by atoms with Crippen LogP contribution in [0.2, 0.25) is 0 Å². The van der Waals surface area contributed by atoms with Crippen molar-refractivity contribution in [2.24, 2.45) is 0 Å². The number of ether oxygens (including phenoxy) is 2. The van der Waals surface area contributed by atoms with Gasteiger partial charge in [-0.25, -0.2) is 4.98 Å². The van der Waals surface area contributed by atoms with Crippen molar-refractivity contribution in [3.05, 3.63) is 29.2 Å². The molecule has 0 aromatic carbocycles. The zero-order valence-electron chi connectivity index (χ0n) is 14.6. The summed E-state index contributed by atoms with van der Waals surface area (Å²) in [5, 5.41) is 12.1. The zero-order valence-corrected chi connectivity index (χ0v) is 14.6. The molecule has 1 N–H and O–H groups in total. The lowest BCUT2D eigenvalue weighted by atomic mass is 10.2. The molecule has 0 aliphatic carbocycles. The van der Waals surface area contributed by atoms with Gasteiger partial charge in [0.1, 0.15) is 23.0 Å². The highest BCUT2D eigenvalue weighted by Gasteiger charge is 2.18. The summed E-state index contributed by atoms with van der Waals surface area (Å²) in [6, 6.07) is 3.77. The fourth-order valence-electron chi connectivity index (χ4n) is 2.89. The number of rotatable bonds is 4. The minimum absolute atomic E-state index is 0.0323. The van der Waals surface area contributed by atoms with Gasteiger partial charge in [-0.3, -0.25) is 0 Å². The van der Waals surface area contributed by atoms with Crippen molar-refractivity contribution in [3.8, 4) is 11.4 Å². The van der Waals surface area contributed by atoms with E-state index in [4.69, 9.17) is 14.0 Å². The summed E-state index contributed by atoms with van der Waals surface area (Å²) in [6.07, 6.45) is 0.0323. The number of aromatic nitrogens is 4. The molecule has 8 nitrogen and oxygen atoms in total. The Bertz CT molecular complexity index is 895. The van der Waals surface area contributed by atoms with Crippen molar-refractivity contribution in [2.45, 2.75) is 26.9 Å². The molecule has 3 aromatic rings. The molecule has 0 saturated carbocycles. The molecule has 3 aromatic heterocycles. The lowest BCUT2D eigenvalue weighted by molar-refractivity contribution is -0.0819. The third-order valence-corrected chi connectivity index (χ3v) is 4.36. The average Bonchev–Trinajstić information content (AvgIpc) is 3.22. The van der Waals surface area contributed by atoms with Crippen LogP contribution in [0, 0.1) is 20.8 Å². The molecule has 132 valence electrons. The second-order valence-electron chi connectivity index (χ2n) is 6.24. The molecule has 1 unspecified atom stereocenters. The van der Waals surface area contributed by atoms with Crippen molar-refractivity contribution in [3.63, 3.8) is 0 Å². The molecule has 1 fully saturated rings. The van der Waals surface area contributed by atoms with Gasteiger partial charge < -0.3 is 19.3 Å². The number of nitrogens with zero attached hydrogens (tertiary/aromatic N) is 4. The molecule has 1 saturated heterocycles. The van der Waals surface area contributed by atoms with Gasteiger partial charge in [-0.1, -0.05) is 5.16 Å². The Morgan fingerprint density at radius 3 is 2.80 bits per heavy atom. The number of hydrogen-bond acceptors (Lipinski definition) is 7. The fraction of sp³-hybridized carbons (Fsp3) is 0.471. The van der Waals surface area contributed by atoms with Crippen LogP contribution in [0.5, 0.6) is 0 Å². The second kappa shape index (κ2) is 6.45. The summed E-state index contributed by atoms with van der Waals surface area (Å²) in [6.45, 7) is 8.43. The van der Waals surface area contributed by atoms with Crippen LogP contribution in [0.25, 0.3) is 17.0 Å². The maximum absolute atomic E-state index is 5.70. The Labute approximate surface area is 145 Å². The van der Waals surface area contributed by atoms with E-state index in [1.165, 1.54) is 0 Å². The highest BCUT2D eigenvalue weighted by atomic mass is 16.6. The molecule has 1 aliphatic rings. The maximum atomic E-state index is 5.70. The van der Waals surface area contributed by atoms with Crippen molar-refractivity contribution >= 4 is 11.5 Å². The summed E-state index contributed by atoms with van der Waals surface area (Å²) in [5.41, 5.74) is 4.21. The van der Waals surface area contributed by atoms with Crippen molar-refractivity contribution in [1.29, 1.82) is 0 Å². The Morgan fingerprint density at radius 2 is 2.08 bits per heavy atom. The molecular weight excluding hydrogens is 322 g/mol. The molecule has 1 aliphatic heterocycles. The summed E-state index contributed by atoms with van der Waals surface area (Å²) in [7, 11) is 0. The van der Waals surface area contributed by atoms with Crippen molar-refractivity contribution in [2.75, 3.05) is 31.7 Å². The van der Waals surface area contributed by atoms with Gasteiger partial charge in [0.2, 0.25) is 0 Å². The van der Waals surface area contributed by atoms with E-state index in [0.29, 0.717) is 32.1 Å². The Hall–Kier alpha value is -2.45. The average molecular weight is 343 g/mol. The summed E-state index contributed by atoms with van der Waals surface area (Å²) in [5.74, 6) is 1.66. The number of anilines is 1. The SMILES string of the molecule is Cc1cc(-c2cc3nc(C)c(C)c(NCC4COCCO4)n3n2)no1. The maximum Gasteiger partial charge on any atom is 0.158 e. The standard InChI is InChI=1S/C17H21N5O3/c1-10-6-15(21-25-10)14-7-16-19-12(3)11(2)17(22(16)20-14)18-8-13-9-23-4-5-24-13/h6-7,13,18H,4-5,8-9H2,1-3H3. The van der Waals surface area contributed by atoms with Crippen LogP contribution < -0.4 is 5.32 Å². The zero-order chi connectivity index (χ0) is 17.4. The molecule has 0 amide bonds. The van der Waals surface area contributed by atoms with Gasteiger partial charge >= 0.3 is 0 Å². The molecule has 0 bridgehead atoms. The van der Waals surface area contributed by atoms with E-state index in [1.807, 2.05) is 37.4 Å². The van der Waals surface area contributed by atoms with Gasteiger partial charge in [-0.05, 0) is 20.8 Å². The highest BCUT2D eigenvalue weighted by Crippen LogP contribution is 2.24.